The fraction of sp³-hybridized carbons (Fsp3) is 0.615. The summed E-state index contributed by atoms with van der Waals surface area (Å²) in [6.45, 7) is 5.11. The van der Waals surface area contributed by atoms with Crippen molar-refractivity contribution in [3.8, 4) is 0 Å². The van der Waals surface area contributed by atoms with Gasteiger partial charge in [0.15, 0.2) is 0 Å². The molecular formula is C13H23N3O. The third-order valence-electron chi connectivity index (χ3n) is 3.21. The minimum Gasteiger partial charge on any atom is -0.350 e. The van der Waals surface area contributed by atoms with Gasteiger partial charge in [-0.25, -0.2) is 0 Å². The summed E-state index contributed by atoms with van der Waals surface area (Å²) in [5, 5.41) is 2.95. The molecule has 4 heteroatoms. The smallest absolute Gasteiger partial charge is 0.224 e. The number of hydrogen-bond acceptors (Lipinski definition) is 2. The van der Waals surface area contributed by atoms with E-state index in [1.54, 1.807) is 0 Å². The number of rotatable bonds is 6. The average molecular weight is 237 g/mol. The van der Waals surface area contributed by atoms with Gasteiger partial charge in [0.2, 0.25) is 5.91 Å². The summed E-state index contributed by atoms with van der Waals surface area (Å²) in [7, 11) is 2.00. The van der Waals surface area contributed by atoms with Gasteiger partial charge < -0.3 is 15.6 Å². The second-order valence-electron chi connectivity index (χ2n) is 4.46. The number of aromatic nitrogens is 1. The van der Waals surface area contributed by atoms with Crippen LogP contribution in [0, 0.1) is 12.8 Å². The van der Waals surface area contributed by atoms with Gasteiger partial charge in [0.05, 0.1) is 12.5 Å². The predicted octanol–water partition coefficient (Wildman–Crippen LogP) is 1.32. The van der Waals surface area contributed by atoms with Crippen LogP contribution in [0.1, 0.15) is 31.2 Å². The van der Waals surface area contributed by atoms with Crippen LogP contribution in [0.5, 0.6) is 0 Å². The number of carbonyl (C=O) groups excluding carboxylic acids is 1. The molecule has 0 spiro atoms. The molecule has 1 heterocycles. The number of nitrogens with zero attached hydrogens (tertiary/aromatic N) is 1. The van der Waals surface area contributed by atoms with E-state index < -0.39 is 0 Å². The molecule has 0 fully saturated rings. The van der Waals surface area contributed by atoms with Gasteiger partial charge in [0.25, 0.3) is 0 Å². The second-order valence-corrected chi connectivity index (χ2v) is 4.46. The topological polar surface area (TPSA) is 60.1 Å². The molecule has 0 saturated carbocycles. The molecule has 0 aliphatic carbocycles. The van der Waals surface area contributed by atoms with E-state index >= 15 is 0 Å². The molecule has 1 aromatic rings. The number of nitrogens with two attached hydrogens (primary N) is 1. The Bertz CT molecular complexity index is 371. The Morgan fingerprint density at radius 1 is 1.53 bits per heavy atom. The maximum Gasteiger partial charge on any atom is 0.224 e. The molecule has 4 nitrogen and oxygen atoms in total. The first-order valence-corrected chi connectivity index (χ1v) is 6.19. The minimum atomic E-state index is -0.0543. The van der Waals surface area contributed by atoms with Gasteiger partial charge in [-0.1, -0.05) is 13.3 Å². The van der Waals surface area contributed by atoms with E-state index in [2.05, 4.69) is 16.8 Å². The fourth-order valence-electron chi connectivity index (χ4n) is 1.87. The van der Waals surface area contributed by atoms with Gasteiger partial charge in [0.1, 0.15) is 0 Å². The van der Waals surface area contributed by atoms with Gasteiger partial charge in [-0.3, -0.25) is 4.79 Å². The lowest BCUT2D eigenvalue weighted by molar-refractivity contribution is -0.125. The normalized spacial score (nSPS) is 12.5. The van der Waals surface area contributed by atoms with Gasteiger partial charge >= 0.3 is 0 Å². The van der Waals surface area contributed by atoms with E-state index in [1.165, 1.54) is 5.69 Å². The molecule has 3 N–H and O–H groups in total. The van der Waals surface area contributed by atoms with Crippen molar-refractivity contribution in [2.24, 2.45) is 18.7 Å². The van der Waals surface area contributed by atoms with Gasteiger partial charge in [-0.2, -0.15) is 0 Å². The van der Waals surface area contributed by atoms with Crippen LogP contribution in [0.4, 0.5) is 0 Å². The van der Waals surface area contributed by atoms with Gasteiger partial charge in [-0.05, 0) is 25.5 Å². The van der Waals surface area contributed by atoms with Crippen LogP contribution in [0.3, 0.4) is 0 Å². The van der Waals surface area contributed by atoms with Gasteiger partial charge in [-0.15, -0.1) is 0 Å². The zero-order valence-corrected chi connectivity index (χ0v) is 11.0. The van der Waals surface area contributed by atoms with Crippen molar-refractivity contribution in [2.45, 2.75) is 33.2 Å². The zero-order valence-electron chi connectivity index (χ0n) is 11.0. The van der Waals surface area contributed by atoms with Crippen LogP contribution in [-0.2, 0) is 18.4 Å². The van der Waals surface area contributed by atoms with E-state index in [9.17, 15) is 4.79 Å². The molecule has 0 aromatic carbocycles. The van der Waals surface area contributed by atoms with Crippen LogP contribution in [0.25, 0.3) is 0 Å². The molecule has 1 rings (SSSR count). The van der Waals surface area contributed by atoms with E-state index in [-0.39, 0.29) is 11.8 Å². The number of hydrogen-bond donors (Lipinski definition) is 2. The number of nitrogens with one attached hydrogen (secondary N) is 1. The van der Waals surface area contributed by atoms with Crippen LogP contribution in [-0.4, -0.2) is 17.0 Å². The van der Waals surface area contributed by atoms with Crippen LogP contribution in [0.15, 0.2) is 12.1 Å². The Morgan fingerprint density at radius 3 is 2.71 bits per heavy atom. The summed E-state index contributed by atoms with van der Waals surface area (Å²) in [5.74, 6) is 0.00886. The molecule has 0 aliphatic rings. The van der Waals surface area contributed by atoms with Crippen LogP contribution < -0.4 is 11.1 Å². The predicted molar refractivity (Wildman–Crippen MR) is 69.4 cm³/mol. The van der Waals surface area contributed by atoms with Crippen molar-refractivity contribution < 1.29 is 4.79 Å². The van der Waals surface area contributed by atoms with Crippen molar-refractivity contribution >= 4 is 5.91 Å². The molecule has 0 bridgehead atoms. The maximum absolute atomic E-state index is 11.9. The second kappa shape index (κ2) is 6.45. The lowest BCUT2D eigenvalue weighted by atomic mass is 10.0. The minimum absolute atomic E-state index is 0.0543. The van der Waals surface area contributed by atoms with E-state index in [4.69, 9.17) is 5.73 Å². The van der Waals surface area contributed by atoms with Crippen molar-refractivity contribution in [2.75, 3.05) is 6.54 Å². The molecular weight excluding hydrogens is 214 g/mol. The Labute approximate surface area is 103 Å². The molecule has 1 unspecified atom stereocenters. The number of carbonyl (C=O) groups is 1. The Kier molecular flexibility index (Phi) is 5.22. The van der Waals surface area contributed by atoms with E-state index in [1.807, 2.05) is 26.1 Å². The summed E-state index contributed by atoms with van der Waals surface area (Å²) in [5.41, 5.74) is 7.90. The highest BCUT2D eigenvalue weighted by Gasteiger charge is 2.15. The fourth-order valence-corrected chi connectivity index (χ4v) is 1.87. The molecule has 1 atom stereocenters. The molecule has 0 saturated heterocycles. The van der Waals surface area contributed by atoms with E-state index in [0.717, 1.165) is 18.5 Å². The van der Waals surface area contributed by atoms with Gasteiger partial charge in [0, 0.05) is 25.0 Å². The lowest BCUT2D eigenvalue weighted by Crippen LogP contribution is -2.35. The summed E-state index contributed by atoms with van der Waals surface area (Å²) >= 11 is 0. The summed E-state index contributed by atoms with van der Waals surface area (Å²) in [6, 6.07) is 4.08. The van der Waals surface area contributed by atoms with E-state index in [0.29, 0.717) is 13.1 Å². The summed E-state index contributed by atoms with van der Waals surface area (Å²) in [6.07, 6.45) is 1.84. The number of amides is 1. The highest BCUT2D eigenvalue weighted by atomic mass is 16.1. The monoisotopic (exact) mass is 237 g/mol. The highest BCUT2D eigenvalue weighted by Crippen LogP contribution is 2.07. The third-order valence-corrected chi connectivity index (χ3v) is 3.21. The number of aryl methyl sites for hydroxylation is 1. The van der Waals surface area contributed by atoms with Crippen LogP contribution >= 0.6 is 0 Å². The standard InChI is InChI=1S/C13H23N3O/c1-4-5-11(8-14)13(17)15-9-12-7-6-10(2)16(12)3/h6-7,11H,4-5,8-9,14H2,1-3H3,(H,15,17). The molecule has 0 aliphatic heterocycles. The van der Waals surface area contributed by atoms with Crippen molar-refractivity contribution in [3.05, 3.63) is 23.5 Å². The quantitative estimate of drug-likeness (QED) is 0.784. The Hall–Kier alpha value is -1.29. The molecule has 1 amide bonds. The Morgan fingerprint density at radius 2 is 2.24 bits per heavy atom. The van der Waals surface area contributed by atoms with Crippen LogP contribution in [0.2, 0.25) is 0 Å². The molecule has 17 heavy (non-hydrogen) atoms. The third kappa shape index (κ3) is 3.60. The Balaban J connectivity index is 2.50. The molecule has 0 radical (unpaired) electrons. The highest BCUT2D eigenvalue weighted by molar-refractivity contribution is 5.78. The maximum atomic E-state index is 11.9. The first kappa shape index (κ1) is 13.8. The molecule has 1 aromatic heterocycles. The lowest BCUT2D eigenvalue weighted by Gasteiger charge is -2.14. The summed E-state index contributed by atoms with van der Waals surface area (Å²) in [4.78, 5) is 11.9. The van der Waals surface area contributed by atoms with Crippen molar-refractivity contribution in [1.82, 2.24) is 9.88 Å². The van der Waals surface area contributed by atoms with Crippen molar-refractivity contribution in [1.29, 1.82) is 0 Å². The molecule has 96 valence electrons. The largest absolute Gasteiger partial charge is 0.350 e. The van der Waals surface area contributed by atoms with Crippen molar-refractivity contribution in [3.63, 3.8) is 0 Å². The first-order valence-electron chi connectivity index (χ1n) is 6.19. The zero-order chi connectivity index (χ0) is 12.8. The SMILES string of the molecule is CCCC(CN)C(=O)NCc1ccc(C)n1C. The summed E-state index contributed by atoms with van der Waals surface area (Å²) < 4.78 is 2.08. The average Bonchev–Trinajstić information content (AvgIpc) is 2.64. The first-order chi connectivity index (χ1) is 8.10.